The SMILES string of the molecule is O=[N+]([O-])c1ccc(OS(=O)(=O)c2ccc(F)c(F)c2F)c(Cl)c1. The van der Waals surface area contributed by atoms with Gasteiger partial charge >= 0.3 is 10.1 Å². The van der Waals surface area contributed by atoms with Crippen molar-refractivity contribution in [2.24, 2.45) is 0 Å². The van der Waals surface area contributed by atoms with Gasteiger partial charge < -0.3 is 4.18 Å². The molecule has 6 nitrogen and oxygen atoms in total. The van der Waals surface area contributed by atoms with Gasteiger partial charge in [0, 0.05) is 12.1 Å². The van der Waals surface area contributed by atoms with Gasteiger partial charge in [-0.2, -0.15) is 8.42 Å². The molecule has 0 atom stereocenters. The highest BCUT2D eigenvalue weighted by Gasteiger charge is 2.27. The Balaban J connectivity index is 2.43. The standard InChI is InChI=1S/C12H5ClF3NO5S/c13-7-5-6(17(18)19)1-3-9(7)22-23(20,21)10-4-2-8(14)11(15)12(10)16/h1-5H. The van der Waals surface area contributed by atoms with Gasteiger partial charge in [0.15, 0.2) is 23.2 Å². The van der Waals surface area contributed by atoms with Crippen LogP contribution >= 0.6 is 11.6 Å². The largest absolute Gasteiger partial charge is 0.377 e. The van der Waals surface area contributed by atoms with Crippen LogP contribution in [0.25, 0.3) is 0 Å². The molecule has 0 amide bonds. The number of halogens is 4. The molecule has 0 fully saturated rings. The quantitative estimate of drug-likeness (QED) is 0.357. The van der Waals surface area contributed by atoms with Crippen molar-refractivity contribution < 1.29 is 30.7 Å². The lowest BCUT2D eigenvalue weighted by atomic mass is 10.3. The summed E-state index contributed by atoms with van der Waals surface area (Å²) in [6.07, 6.45) is 0. The summed E-state index contributed by atoms with van der Waals surface area (Å²) in [5.74, 6) is -6.05. The summed E-state index contributed by atoms with van der Waals surface area (Å²) in [5, 5.41) is 10.1. The molecule has 2 rings (SSSR count). The second-order valence-electron chi connectivity index (χ2n) is 4.08. The summed E-state index contributed by atoms with van der Waals surface area (Å²) in [5.41, 5.74) is -0.432. The number of hydrogen-bond acceptors (Lipinski definition) is 5. The van der Waals surface area contributed by atoms with Gasteiger partial charge in [-0.1, -0.05) is 11.6 Å². The van der Waals surface area contributed by atoms with Crippen LogP contribution in [-0.2, 0) is 10.1 Å². The number of nitro benzene ring substituents is 1. The molecule has 0 radical (unpaired) electrons. The molecule has 0 aliphatic rings. The minimum Gasteiger partial charge on any atom is -0.377 e. The smallest absolute Gasteiger partial charge is 0.342 e. The molecule has 2 aromatic rings. The van der Waals surface area contributed by atoms with E-state index in [4.69, 9.17) is 11.6 Å². The van der Waals surface area contributed by atoms with E-state index in [0.29, 0.717) is 12.1 Å². The van der Waals surface area contributed by atoms with Crippen molar-refractivity contribution in [3.05, 3.63) is 62.9 Å². The average Bonchev–Trinajstić information content (AvgIpc) is 2.46. The maximum absolute atomic E-state index is 13.5. The summed E-state index contributed by atoms with van der Waals surface area (Å²) in [4.78, 5) is 8.52. The van der Waals surface area contributed by atoms with Crippen molar-refractivity contribution in [1.29, 1.82) is 0 Å². The third-order valence-electron chi connectivity index (χ3n) is 2.59. The first-order valence-corrected chi connectivity index (χ1v) is 7.44. The highest BCUT2D eigenvalue weighted by molar-refractivity contribution is 7.87. The Labute approximate surface area is 132 Å². The van der Waals surface area contributed by atoms with Crippen LogP contribution in [0.5, 0.6) is 5.75 Å². The number of benzene rings is 2. The van der Waals surface area contributed by atoms with Gasteiger partial charge in [0.25, 0.3) is 5.69 Å². The second-order valence-corrected chi connectivity index (χ2v) is 6.00. The number of non-ortho nitro benzene ring substituents is 1. The molecule has 0 bridgehead atoms. The lowest BCUT2D eigenvalue weighted by Gasteiger charge is -2.09. The van der Waals surface area contributed by atoms with Crippen molar-refractivity contribution in [2.75, 3.05) is 0 Å². The Morgan fingerprint density at radius 3 is 2.30 bits per heavy atom. The molecule has 0 unspecified atom stereocenters. The van der Waals surface area contributed by atoms with Gasteiger partial charge in [0.1, 0.15) is 4.90 Å². The predicted octanol–water partition coefficient (Wildman–Crippen LogP) is 3.43. The lowest BCUT2D eigenvalue weighted by molar-refractivity contribution is -0.384. The van der Waals surface area contributed by atoms with Crippen LogP contribution in [0.15, 0.2) is 35.2 Å². The number of rotatable bonds is 4. The van der Waals surface area contributed by atoms with E-state index in [1.54, 1.807) is 0 Å². The van der Waals surface area contributed by atoms with E-state index in [1.165, 1.54) is 0 Å². The molecule has 2 aromatic carbocycles. The van der Waals surface area contributed by atoms with E-state index in [1.807, 2.05) is 0 Å². The van der Waals surface area contributed by atoms with Gasteiger partial charge in [-0.25, -0.2) is 13.2 Å². The monoisotopic (exact) mass is 367 g/mol. The average molecular weight is 368 g/mol. The Morgan fingerprint density at radius 1 is 1.09 bits per heavy atom. The fourth-order valence-electron chi connectivity index (χ4n) is 1.54. The molecule has 0 spiro atoms. The fraction of sp³-hybridized carbons (Fsp3) is 0. The number of hydrogen-bond donors (Lipinski definition) is 0. The topological polar surface area (TPSA) is 86.5 Å². The normalized spacial score (nSPS) is 11.3. The maximum atomic E-state index is 13.5. The van der Waals surface area contributed by atoms with E-state index in [0.717, 1.165) is 18.2 Å². The third-order valence-corrected chi connectivity index (χ3v) is 4.14. The minimum atomic E-state index is -4.87. The van der Waals surface area contributed by atoms with Gasteiger partial charge in [0.2, 0.25) is 0 Å². The van der Waals surface area contributed by atoms with E-state index >= 15 is 0 Å². The molecule has 11 heteroatoms. The summed E-state index contributed by atoms with van der Waals surface area (Å²) >= 11 is 5.64. The zero-order valence-corrected chi connectivity index (χ0v) is 12.4. The molecule has 23 heavy (non-hydrogen) atoms. The minimum absolute atomic E-state index is 0.409. The van der Waals surface area contributed by atoms with E-state index in [9.17, 15) is 31.7 Å². The summed E-state index contributed by atoms with van der Waals surface area (Å²) in [6, 6.07) is 3.47. The van der Waals surface area contributed by atoms with Gasteiger partial charge in [-0.3, -0.25) is 10.1 Å². The highest BCUT2D eigenvalue weighted by Crippen LogP contribution is 2.31. The van der Waals surface area contributed by atoms with E-state index < -0.39 is 53.8 Å². The number of nitrogens with zero attached hydrogens (tertiary/aromatic N) is 1. The van der Waals surface area contributed by atoms with Crippen LogP contribution < -0.4 is 4.18 Å². The van der Waals surface area contributed by atoms with Gasteiger partial charge in [0.05, 0.1) is 9.95 Å². The number of nitro groups is 1. The van der Waals surface area contributed by atoms with Gasteiger partial charge in [-0.05, 0) is 18.2 Å². The molecule has 0 saturated heterocycles. The van der Waals surface area contributed by atoms with Crippen LogP contribution in [0.4, 0.5) is 18.9 Å². The Kier molecular flexibility index (Phi) is 4.48. The molecule has 0 heterocycles. The van der Waals surface area contributed by atoms with Crippen LogP contribution in [0.1, 0.15) is 0 Å². The molecule has 0 aliphatic carbocycles. The van der Waals surface area contributed by atoms with Crippen molar-refractivity contribution in [1.82, 2.24) is 0 Å². The second kappa shape index (κ2) is 6.05. The zero-order chi connectivity index (χ0) is 17.4. The van der Waals surface area contributed by atoms with E-state index in [-0.39, 0.29) is 0 Å². The first-order valence-electron chi connectivity index (χ1n) is 5.65. The summed E-state index contributed by atoms with van der Waals surface area (Å²) in [7, 11) is -4.87. The summed E-state index contributed by atoms with van der Waals surface area (Å²) in [6.45, 7) is 0. The van der Waals surface area contributed by atoms with Crippen molar-refractivity contribution in [3.8, 4) is 5.75 Å². The van der Waals surface area contributed by atoms with Crippen LogP contribution in [0, 0.1) is 27.6 Å². The van der Waals surface area contributed by atoms with Crippen LogP contribution in [0.3, 0.4) is 0 Å². The van der Waals surface area contributed by atoms with Crippen molar-refractivity contribution in [3.63, 3.8) is 0 Å². The molecule has 0 aliphatic heterocycles. The van der Waals surface area contributed by atoms with Crippen LogP contribution in [0.2, 0.25) is 5.02 Å². The first-order chi connectivity index (χ1) is 10.6. The molecule has 0 saturated carbocycles. The summed E-state index contributed by atoms with van der Waals surface area (Å²) < 4.78 is 67.8. The zero-order valence-electron chi connectivity index (χ0n) is 10.8. The molecule has 122 valence electrons. The molecule has 0 N–H and O–H groups in total. The maximum Gasteiger partial charge on any atom is 0.342 e. The Morgan fingerprint density at radius 2 is 1.74 bits per heavy atom. The Hall–Kier alpha value is -2.33. The predicted molar refractivity (Wildman–Crippen MR) is 72.2 cm³/mol. The molecule has 0 aromatic heterocycles. The lowest BCUT2D eigenvalue weighted by Crippen LogP contribution is -2.13. The van der Waals surface area contributed by atoms with E-state index in [2.05, 4.69) is 4.18 Å². The highest BCUT2D eigenvalue weighted by atomic mass is 35.5. The van der Waals surface area contributed by atoms with Crippen molar-refractivity contribution >= 4 is 27.4 Å². The van der Waals surface area contributed by atoms with Crippen LogP contribution in [-0.4, -0.2) is 13.3 Å². The Bertz CT molecular complexity index is 904. The van der Waals surface area contributed by atoms with Crippen molar-refractivity contribution in [2.45, 2.75) is 4.90 Å². The molecular weight excluding hydrogens is 363 g/mol. The first kappa shape index (κ1) is 17.0. The fourth-order valence-corrected chi connectivity index (χ4v) is 2.81. The van der Waals surface area contributed by atoms with Gasteiger partial charge in [-0.15, -0.1) is 0 Å². The molecular formula is C12H5ClF3NO5S. The third kappa shape index (κ3) is 3.37.